The van der Waals surface area contributed by atoms with Crippen LogP contribution in [0.1, 0.15) is 46.5 Å². The number of nitrogens with one attached hydrogen (secondary N) is 1. The van der Waals surface area contributed by atoms with Gasteiger partial charge in [-0.3, -0.25) is 10.2 Å². The van der Waals surface area contributed by atoms with Crippen molar-refractivity contribution in [2.75, 3.05) is 32.7 Å². The summed E-state index contributed by atoms with van der Waals surface area (Å²) in [4.78, 5) is 5.25. The predicted octanol–water partition coefficient (Wildman–Crippen LogP) is 1.83. The fourth-order valence-electron chi connectivity index (χ4n) is 3.71. The Kier molecular flexibility index (Phi) is 5.42. The maximum Gasteiger partial charge on any atom is 0.104 e. The van der Waals surface area contributed by atoms with Crippen molar-refractivity contribution < 1.29 is 0 Å². The highest BCUT2D eigenvalue weighted by Gasteiger charge is 2.30. The standard InChI is InChI=1S/C16H30N4/c1-14(2)18-16(3,13-17)7-5-8-19-10-11-20-9-4-6-15(20)12-19/h14-15,18H,4-12H2,1-3H3. The summed E-state index contributed by atoms with van der Waals surface area (Å²) in [6.07, 6.45) is 4.80. The Morgan fingerprint density at radius 2 is 2.15 bits per heavy atom. The van der Waals surface area contributed by atoms with Crippen molar-refractivity contribution >= 4 is 0 Å². The molecule has 0 aliphatic carbocycles. The quantitative estimate of drug-likeness (QED) is 0.805. The zero-order valence-corrected chi connectivity index (χ0v) is 13.4. The Hall–Kier alpha value is -0.630. The van der Waals surface area contributed by atoms with Crippen LogP contribution in [0, 0.1) is 11.3 Å². The van der Waals surface area contributed by atoms with Crippen molar-refractivity contribution in [1.29, 1.82) is 5.26 Å². The molecule has 0 amide bonds. The van der Waals surface area contributed by atoms with Crippen LogP contribution in [0.2, 0.25) is 0 Å². The molecule has 0 aromatic carbocycles. The van der Waals surface area contributed by atoms with E-state index in [9.17, 15) is 5.26 Å². The average Bonchev–Trinajstić information content (AvgIpc) is 2.85. The first-order valence-electron chi connectivity index (χ1n) is 8.18. The fraction of sp³-hybridized carbons (Fsp3) is 0.938. The number of hydrogen-bond donors (Lipinski definition) is 1. The highest BCUT2D eigenvalue weighted by atomic mass is 15.3. The van der Waals surface area contributed by atoms with Crippen LogP contribution in [-0.4, -0.2) is 60.1 Å². The monoisotopic (exact) mass is 278 g/mol. The third-order valence-corrected chi connectivity index (χ3v) is 4.68. The van der Waals surface area contributed by atoms with Gasteiger partial charge in [-0.1, -0.05) is 0 Å². The molecule has 2 rings (SSSR count). The molecule has 2 atom stereocenters. The van der Waals surface area contributed by atoms with Crippen LogP contribution in [0.3, 0.4) is 0 Å². The van der Waals surface area contributed by atoms with Gasteiger partial charge in [-0.2, -0.15) is 5.26 Å². The average molecular weight is 278 g/mol. The molecule has 0 aromatic heterocycles. The summed E-state index contributed by atoms with van der Waals surface area (Å²) >= 11 is 0. The van der Waals surface area contributed by atoms with Crippen LogP contribution >= 0.6 is 0 Å². The second kappa shape index (κ2) is 6.89. The Labute approximate surface area is 124 Å². The molecule has 2 saturated heterocycles. The lowest BCUT2D eigenvalue weighted by Crippen LogP contribution is -2.50. The second-order valence-corrected chi connectivity index (χ2v) is 6.98. The number of fused-ring (bicyclic) bond motifs is 1. The smallest absolute Gasteiger partial charge is 0.104 e. The van der Waals surface area contributed by atoms with Gasteiger partial charge >= 0.3 is 0 Å². The van der Waals surface area contributed by atoms with Crippen LogP contribution < -0.4 is 5.32 Å². The van der Waals surface area contributed by atoms with Crippen molar-refractivity contribution in [3.05, 3.63) is 0 Å². The normalized spacial score (nSPS) is 27.2. The summed E-state index contributed by atoms with van der Waals surface area (Å²) in [5.41, 5.74) is -0.372. The maximum absolute atomic E-state index is 9.36. The minimum atomic E-state index is -0.372. The van der Waals surface area contributed by atoms with Gasteiger partial charge < -0.3 is 4.90 Å². The minimum Gasteiger partial charge on any atom is -0.301 e. The number of nitriles is 1. The summed E-state index contributed by atoms with van der Waals surface area (Å²) < 4.78 is 0. The van der Waals surface area contributed by atoms with Crippen LogP contribution in [0.4, 0.5) is 0 Å². The second-order valence-electron chi connectivity index (χ2n) is 6.98. The highest BCUT2D eigenvalue weighted by Crippen LogP contribution is 2.22. The van der Waals surface area contributed by atoms with Gasteiger partial charge in [-0.05, 0) is 59.5 Å². The highest BCUT2D eigenvalue weighted by molar-refractivity contribution is 5.04. The summed E-state index contributed by atoms with van der Waals surface area (Å²) in [7, 11) is 0. The molecule has 2 unspecified atom stereocenters. The Balaban J connectivity index is 1.71. The number of nitrogens with zero attached hydrogens (tertiary/aromatic N) is 3. The third kappa shape index (κ3) is 4.18. The molecule has 4 nitrogen and oxygen atoms in total. The Morgan fingerprint density at radius 3 is 2.85 bits per heavy atom. The Bertz CT molecular complexity index is 349. The molecule has 0 radical (unpaired) electrons. The lowest BCUT2D eigenvalue weighted by Gasteiger charge is -2.38. The fourth-order valence-corrected chi connectivity index (χ4v) is 3.71. The van der Waals surface area contributed by atoms with Gasteiger partial charge in [0.1, 0.15) is 5.54 Å². The molecule has 0 saturated carbocycles. The summed E-state index contributed by atoms with van der Waals surface area (Å²) in [6, 6.07) is 3.61. The van der Waals surface area contributed by atoms with Gasteiger partial charge in [0, 0.05) is 31.7 Å². The van der Waals surface area contributed by atoms with Gasteiger partial charge in [0.05, 0.1) is 6.07 Å². The van der Waals surface area contributed by atoms with E-state index >= 15 is 0 Å². The van der Waals surface area contributed by atoms with E-state index in [2.05, 4.69) is 35.0 Å². The van der Waals surface area contributed by atoms with E-state index in [1.54, 1.807) is 0 Å². The molecule has 2 fully saturated rings. The molecule has 2 aliphatic rings. The summed E-state index contributed by atoms with van der Waals surface area (Å²) in [5.74, 6) is 0. The first kappa shape index (κ1) is 15.8. The molecule has 2 aliphatic heterocycles. The maximum atomic E-state index is 9.36. The zero-order valence-electron chi connectivity index (χ0n) is 13.4. The molecule has 1 N–H and O–H groups in total. The van der Waals surface area contributed by atoms with Crippen molar-refractivity contribution in [3.63, 3.8) is 0 Å². The predicted molar refractivity (Wildman–Crippen MR) is 82.6 cm³/mol. The molecule has 0 spiro atoms. The van der Waals surface area contributed by atoms with E-state index < -0.39 is 0 Å². The summed E-state index contributed by atoms with van der Waals surface area (Å²) in [5, 5.41) is 12.8. The summed E-state index contributed by atoms with van der Waals surface area (Å²) in [6.45, 7) is 12.4. The van der Waals surface area contributed by atoms with E-state index in [-0.39, 0.29) is 5.54 Å². The van der Waals surface area contributed by atoms with Crippen molar-refractivity contribution in [2.24, 2.45) is 0 Å². The lowest BCUT2D eigenvalue weighted by molar-refractivity contribution is 0.102. The van der Waals surface area contributed by atoms with Crippen LogP contribution in [0.15, 0.2) is 0 Å². The van der Waals surface area contributed by atoms with Crippen molar-refractivity contribution in [1.82, 2.24) is 15.1 Å². The van der Waals surface area contributed by atoms with E-state index in [0.717, 1.165) is 25.4 Å². The third-order valence-electron chi connectivity index (χ3n) is 4.68. The largest absolute Gasteiger partial charge is 0.301 e. The number of piperazine rings is 1. The van der Waals surface area contributed by atoms with Gasteiger partial charge in [-0.25, -0.2) is 0 Å². The minimum absolute atomic E-state index is 0.363. The van der Waals surface area contributed by atoms with Crippen LogP contribution in [0.25, 0.3) is 0 Å². The van der Waals surface area contributed by atoms with E-state index in [1.807, 2.05) is 6.92 Å². The van der Waals surface area contributed by atoms with E-state index in [4.69, 9.17) is 0 Å². The molecular formula is C16H30N4. The van der Waals surface area contributed by atoms with Crippen LogP contribution in [0.5, 0.6) is 0 Å². The number of rotatable bonds is 6. The topological polar surface area (TPSA) is 42.3 Å². The molecule has 0 bridgehead atoms. The molecule has 20 heavy (non-hydrogen) atoms. The van der Waals surface area contributed by atoms with Gasteiger partial charge in [0.25, 0.3) is 0 Å². The van der Waals surface area contributed by atoms with Crippen molar-refractivity contribution in [2.45, 2.75) is 64.1 Å². The zero-order chi connectivity index (χ0) is 14.6. The molecule has 114 valence electrons. The number of hydrogen-bond acceptors (Lipinski definition) is 4. The van der Waals surface area contributed by atoms with E-state index in [1.165, 1.54) is 39.0 Å². The van der Waals surface area contributed by atoms with Crippen molar-refractivity contribution in [3.8, 4) is 6.07 Å². The lowest BCUT2D eigenvalue weighted by atomic mass is 9.96. The van der Waals surface area contributed by atoms with Gasteiger partial charge in [-0.15, -0.1) is 0 Å². The molecule has 4 heteroatoms. The molecule has 0 aromatic rings. The van der Waals surface area contributed by atoms with Gasteiger partial charge in [0.2, 0.25) is 0 Å². The molecular weight excluding hydrogens is 248 g/mol. The first-order chi connectivity index (χ1) is 9.52. The molecule has 2 heterocycles. The Morgan fingerprint density at radius 1 is 1.35 bits per heavy atom. The first-order valence-corrected chi connectivity index (χ1v) is 8.18. The van der Waals surface area contributed by atoms with Crippen LogP contribution in [-0.2, 0) is 0 Å². The SMILES string of the molecule is CC(C)NC(C)(C#N)CCCN1CCN2CCCC2C1. The van der Waals surface area contributed by atoms with Gasteiger partial charge in [0.15, 0.2) is 0 Å². The van der Waals surface area contributed by atoms with E-state index in [0.29, 0.717) is 6.04 Å².